The number of ether oxygens (including phenoxy) is 1. The highest BCUT2D eigenvalue weighted by Crippen LogP contribution is 2.36. The Morgan fingerprint density at radius 3 is 2.57 bits per heavy atom. The van der Waals surface area contributed by atoms with Gasteiger partial charge in [0, 0.05) is 12.3 Å². The quantitative estimate of drug-likeness (QED) is 0.118. The number of carbonyl (C=O) groups is 1. The van der Waals surface area contributed by atoms with Crippen LogP contribution in [0.4, 0.5) is 23.0 Å². The van der Waals surface area contributed by atoms with E-state index in [4.69, 9.17) is 16.3 Å². The molecule has 1 amide bonds. The molecule has 1 unspecified atom stereocenters. The summed E-state index contributed by atoms with van der Waals surface area (Å²) in [6.45, 7) is 0.155. The van der Waals surface area contributed by atoms with E-state index in [0.717, 1.165) is 4.31 Å². The number of benzene rings is 3. The third kappa shape index (κ3) is 6.62. The van der Waals surface area contributed by atoms with Crippen LogP contribution >= 0.6 is 11.6 Å². The summed E-state index contributed by atoms with van der Waals surface area (Å²) in [6, 6.07) is 23.4. The van der Waals surface area contributed by atoms with E-state index in [1.807, 2.05) is 6.07 Å². The first-order chi connectivity index (χ1) is 20.4. The lowest BCUT2D eigenvalue weighted by Gasteiger charge is -2.22. The van der Waals surface area contributed by atoms with E-state index < -0.39 is 17.2 Å². The number of pyridine rings is 1. The molecule has 0 radical (unpaired) electrons. The lowest BCUT2D eigenvalue weighted by molar-refractivity contribution is 0.0992. The first-order valence-corrected chi connectivity index (χ1v) is 13.8. The molecule has 0 saturated carbocycles. The molecule has 0 aliphatic carbocycles. The number of anilines is 4. The van der Waals surface area contributed by atoms with Gasteiger partial charge in [0.2, 0.25) is 10.0 Å². The molecule has 14 heteroatoms. The number of amides is 1. The normalized spacial score (nSPS) is 11.3. The van der Waals surface area contributed by atoms with Crippen LogP contribution in [0.25, 0.3) is 11.0 Å². The fourth-order valence-corrected chi connectivity index (χ4v) is 4.58. The number of fused-ring (bicyclic) bond motifs is 1. The molecule has 0 spiro atoms. The van der Waals surface area contributed by atoms with Gasteiger partial charge in [-0.1, -0.05) is 35.9 Å². The SMILES string of the molecule is COc1ccc(Cl)c(Nc2nc3ccccc3nc2N(c2cccc(C(=O)N=[N+]=NCc3ccccn3)c2)S(=O)O)c1. The number of methoxy groups -OCH3 is 1. The number of nitrogens with zero attached hydrogens (tertiary/aromatic N) is 7. The zero-order valence-corrected chi connectivity index (χ0v) is 23.5. The van der Waals surface area contributed by atoms with Crippen LogP contribution in [0.1, 0.15) is 16.1 Å². The summed E-state index contributed by atoms with van der Waals surface area (Å²) in [4.78, 5) is 29.8. The van der Waals surface area contributed by atoms with E-state index >= 15 is 0 Å². The maximum atomic E-state index is 12.8. The summed E-state index contributed by atoms with van der Waals surface area (Å²) in [7, 11) is 1.52. The molecule has 42 heavy (non-hydrogen) atoms. The largest absolute Gasteiger partial charge is 0.497 e. The van der Waals surface area contributed by atoms with Gasteiger partial charge in [0.15, 0.2) is 18.2 Å². The summed E-state index contributed by atoms with van der Waals surface area (Å²) in [6.07, 6.45) is 1.63. The highest BCUT2D eigenvalue weighted by molar-refractivity contribution is 7.81. The lowest BCUT2D eigenvalue weighted by atomic mass is 10.2. The average Bonchev–Trinajstić information content (AvgIpc) is 3.01. The highest BCUT2D eigenvalue weighted by Gasteiger charge is 2.24. The zero-order valence-electron chi connectivity index (χ0n) is 22.0. The predicted molar refractivity (Wildman–Crippen MR) is 159 cm³/mol. The van der Waals surface area contributed by atoms with Crippen molar-refractivity contribution in [2.24, 2.45) is 10.2 Å². The summed E-state index contributed by atoms with van der Waals surface area (Å²) in [5, 5.41) is 11.0. The molecule has 2 N–H and O–H groups in total. The monoisotopic (exact) mass is 601 g/mol. The third-order valence-electron chi connectivity index (χ3n) is 5.81. The molecular weight excluding hydrogens is 580 g/mol. The van der Waals surface area contributed by atoms with Crippen LogP contribution < -0.4 is 19.3 Å². The molecule has 5 aromatic rings. The van der Waals surface area contributed by atoms with Gasteiger partial charge in [0.25, 0.3) is 11.3 Å². The second kappa shape index (κ2) is 13.1. The van der Waals surface area contributed by atoms with Crippen molar-refractivity contribution < 1.29 is 18.3 Å². The van der Waals surface area contributed by atoms with E-state index in [1.54, 1.807) is 72.9 Å². The summed E-state index contributed by atoms with van der Waals surface area (Å²) < 4.78 is 29.5. The number of nitrogens with one attached hydrogen (secondary N) is 1. The minimum atomic E-state index is -2.63. The van der Waals surface area contributed by atoms with Crippen LogP contribution in [0.3, 0.4) is 0 Å². The van der Waals surface area contributed by atoms with Gasteiger partial charge in [-0.15, -0.1) is 0 Å². The fraction of sp³-hybridized carbons (Fsp3) is 0.0714. The maximum absolute atomic E-state index is 12.8. The van der Waals surface area contributed by atoms with Crippen molar-refractivity contribution in [3.05, 3.63) is 107 Å². The summed E-state index contributed by atoms with van der Waals surface area (Å²) >= 11 is 3.78. The molecule has 0 bridgehead atoms. The van der Waals surface area contributed by atoms with Gasteiger partial charge < -0.3 is 10.1 Å². The van der Waals surface area contributed by atoms with Gasteiger partial charge in [-0.3, -0.25) is 14.3 Å². The van der Waals surface area contributed by atoms with Crippen LogP contribution in [0.2, 0.25) is 5.02 Å². The van der Waals surface area contributed by atoms with E-state index in [0.29, 0.717) is 33.2 Å². The van der Waals surface area contributed by atoms with Gasteiger partial charge in [0.05, 0.1) is 45.8 Å². The molecule has 12 nitrogen and oxygen atoms in total. The standard InChI is InChI=1S/C28H21ClN8O4S/c1-41-21-12-13-22(29)25(16-21)33-26-27(34-24-11-3-2-10-23(24)32-26)37(42(39)40)20-9-6-7-18(15-20)28(38)35-36-31-17-19-8-4-5-14-30-19/h2-16H,17H2,1H3,(H-,32,33,39,40)/p+1. The van der Waals surface area contributed by atoms with Gasteiger partial charge in [-0.25, -0.2) is 18.5 Å². The van der Waals surface area contributed by atoms with Gasteiger partial charge in [-0.2, -0.15) is 0 Å². The number of hydrogen-bond donors (Lipinski definition) is 2. The topological polar surface area (TPSA) is 156 Å². The Bertz CT molecular complexity index is 1850. The Hall–Kier alpha value is -5.07. The first kappa shape index (κ1) is 28.5. The molecule has 0 aliphatic rings. The molecule has 0 saturated heterocycles. The van der Waals surface area contributed by atoms with Crippen molar-refractivity contribution in [3.63, 3.8) is 0 Å². The smallest absolute Gasteiger partial charge is 0.360 e. The van der Waals surface area contributed by atoms with Gasteiger partial charge in [-0.05, 0) is 54.6 Å². The number of aromatic nitrogens is 3. The molecular formula is C28H22ClN8O4S+. The molecule has 0 aliphatic heterocycles. The molecule has 1 atom stereocenters. The second-order valence-corrected chi connectivity index (χ2v) is 9.78. The second-order valence-electron chi connectivity index (χ2n) is 8.55. The van der Waals surface area contributed by atoms with Gasteiger partial charge in [0.1, 0.15) is 10.9 Å². The van der Waals surface area contributed by atoms with Crippen molar-refractivity contribution in [1.29, 1.82) is 0 Å². The van der Waals surface area contributed by atoms with Crippen molar-refractivity contribution in [2.75, 3.05) is 16.7 Å². The fourth-order valence-electron chi connectivity index (χ4n) is 3.85. The third-order valence-corrected chi connectivity index (χ3v) is 6.84. The van der Waals surface area contributed by atoms with Crippen molar-refractivity contribution in [1.82, 2.24) is 19.9 Å². The van der Waals surface area contributed by atoms with Crippen LogP contribution in [-0.2, 0) is 17.8 Å². The Kier molecular flexibility index (Phi) is 8.85. The van der Waals surface area contributed by atoms with Crippen molar-refractivity contribution in [3.8, 4) is 5.75 Å². The van der Waals surface area contributed by atoms with Gasteiger partial charge >= 0.3 is 5.91 Å². The predicted octanol–water partition coefficient (Wildman–Crippen LogP) is 6.02. The molecule has 2 heterocycles. The van der Waals surface area contributed by atoms with E-state index in [9.17, 15) is 13.6 Å². The van der Waals surface area contributed by atoms with Crippen molar-refractivity contribution in [2.45, 2.75) is 6.54 Å². The molecule has 5 rings (SSSR count). The summed E-state index contributed by atoms with van der Waals surface area (Å²) in [5.41, 5.74) is 2.39. The van der Waals surface area contributed by atoms with E-state index in [-0.39, 0.29) is 29.4 Å². The Morgan fingerprint density at radius 2 is 1.83 bits per heavy atom. The minimum Gasteiger partial charge on any atom is -0.497 e. The Balaban J connectivity index is 1.52. The number of para-hydroxylation sites is 2. The number of halogens is 1. The molecule has 0 fully saturated rings. The molecule has 2 aromatic heterocycles. The van der Waals surface area contributed by atoms with Crippen LogP contribution in [0, 0.1) is 0 Å². The Labute approximate surface area is 247 Å². The lowest BCUT2D eigenvalue weighted by Crippen LogP contribution is -2.22. The minimum absolute atomic E-state index is 0.00464. The number of carbonyl (C=O) groups excluding carboxylic acids is 1. The zero-order chi connectivity index (χ0) is 29.5. The van der Waals surface area contributed by atoms with Crippen LogP contribution in [0.15, 0.2) is 101 Å². The average molecular weight is 602 g/mol. The molecule has 210 valence electrons. The van der Waals surface area contributed by atoms with E-state index in [2.05, 4.69) is 35.4 Å². The van der Waals surface area contributed by atoms with Crippen LogP contribution in [0.5, 0.6) is 5.75 Å². The highest BCUT2D eigenvalue weighted by atomic mass is 35.5. The number of hydrogen-bond acceptors (Lipinski definition) is 8. The van der Waals surface area contributed by atoms with Crippen LogP contribution in [-0.4, -0.2) is 36.7 Å². The summed E-state index contributed by atoms with van der Waals surface area (Å²) in [5.74, 6) is -0.0238. The van der Waals surface area contributed by atoms with E-state index in [1.165, 1.54) is 19.2 Å². The Morgan fingerprint density at radius 1 is 1.05 bits per heavy atom. The number of rotatable bonds is 9. The maximum Gasteiger partial charge on any atom is 0.360 e. The molecule has 3 aromatic carbocycles. The van der Waals surface area contributed by atoms with Crippen molar-refractivity contribution >= 4 is 62.8 Å². The first-order valence-electron chi connectivity index (χ1n) is 12.3.